The van der Waals surface area contributed by atoms with Crippen molar-refractivity contribution in [1.82, 2.24) is 0 Å². The zero-order valence-electron chi connectivity index (χ0n) is 8.39. The van der Waals surface area contributed by atoms with Crippen LogP contribution in [0.1, 0.15) is 12.0 Å². The summed E-state index contributed by atoms with van der Waals surface area (Å²) >= 11 is -1.18. The summed E-state index contributed by atoms with van der Waals surface area (Å²) in [5, 5.41) is 0. The fourth-order valence-corrected chi connectivity index (χ4v) is 4.68. The van der Waals surface area contributed by atoms with Gasteiger partial charge in [-0.3, -0.25) is 0 Å². The van der Waals surface area contributed by atoms with Crippen molar-refractivity contribution in [2.24, 2.45) is 0 Å². The molecule has 70 valence electrons. The predicted molar refractivity (Wildman–Crippen MR) is 57.9 cm³/mol. The van der Waals surface area contributed by atoms with Crippen LogP contribution in [0.15, 0.2) is 24.3 Å². The summed E-state index contributed by atoms with van der Waals surface area (Å²) in [5.74, 6) is 0. The molecule has 0 unspecified atom stereocenters. The van der Waals surface area contributed by atoms with Crippen LogP contribution in [-0.4, -0.2) is 22.9 Å². The number of rotatable bonds is 4. The van der Waals surface area contributed by atoms with Crippen LogP contribution in [0.5, 0.6) is 0 Å². The van der Waals surface area contributed by atoms with Crippen LogP contribution in [0.4, 0.5) is 4.39 Å². The summed E-state index contributed by atoms with van der Waals surface area (Å²) in [5.41, 5.74) is 6.11. The third kappa shape index (κ3) is 3.20. The maximum atomic E-state index is 12.0. The molecule has 0 fully saturated rings. The molecular weight excluding hydrogens is 221 g/mol. The SMILES string of the molecule is [CH3][Ga]([CH3])[c]1ccccc1CCCF. The number of hydrogen-bond acceptors (Lipinski definition) is 0. The molecule has 0 spiro atoms. The van der Waals surface area contributed by atoms with Gasteiger partial charge in [-0.25, -0.2) is 0 Å². The Morgan fingerprint density at radius 3 is 2.54 bits per heavy atom. The third-order valence-electron chi connectivity index (χ3n) is 2.26. The summed E-state index contributed by atoms with van der Waals surface area (Å²) in [6.07, 6.45) is 1.59. The molecule has 0 aliphatic carbocycles. The molecule has 0 heterocycles. The zero-order valence-corrected chi connectivity index (χ0v) is 10.8. The van der Waals surface area contributed by atoms with Gasteiger partial charge in [0, 0.05) is 0 Å². The molecule has 2 heteroatoms. The quantitative estimate of drug-likeness (QED) is 0.706. The van der Waals surface area contributed by atoms with E-state index in [-0.39, 0.29) is 6.67 Å². The Labute approximate surface area is 85.2 Å². The third-order valence-corrected chi connectivity index (χ3v) is 6.05. The van der Waals surface area contributed by atoms with Gasteiger partial charge in [0.25, 0.3) is 0 Å². The summed E-state index contributed by atoms with van der Waals surface area (Å²) in [6.45, 7) is -0.195. The second-order valence-electron chi connectivity index (χ2n) is 3.65. The Bertz CT molecular complexity index is 258. The first kappa shape index (κ1) is 10.9. The number of aryl methyl sites for hydroxylation is 1. The molecular formula is C11H16FGa. The van der Waals surface area contributed by atoms with E-state index in [4.69, 9.17) is 0 Å². The van der Waals surface area contributed by atoms with Gasteiger partial charge in [-0.1, -0.05) is 0 Å². The molecule has 0 bridgehead atoms. The van der Waals surface area contributed by atoms with Gasteiger partial charge in [-0.15, -0.1) is 0 Å². The molecule has 0 nitrogen and oxygen atoms in total. The van der Waals surface area contributed by atoms with Crippen molar-refractivity contribution in [3.8, 4) is 0 Å². The topological polar surface area (TPSA) is 0 Å². The van der Waals surface area contributed by atoms with Gasteiger partial charge in [0.1, 0.15) is 0 Å². The van der Waals surface area contributed by atoms with Crippen molar-refractivity contribution in [1.29, 1.82) is 0 Å². The van der Waals surface area contributed by atoms with E-state index in [1.54, 1.807) is 4.12 Å². The van der Waals surface area contributed by atoms with Gasteiger partial charge in [0.05, 0.1) is 0 Å². The van der Waals surface area contributed by atoms with Crippen molar-refractivity contribution in [3.63, 3.8) is 0 Å². The van der Waals surface area contributed by atoms with Gasteiger partial charge >= 0.3 is 85.0 Å². The number of alkyl halides is 1. The molecule has 1 aromatic rings. The fourth-order valence-electron chi connectivity index (χ4n) is 1.58. The standard InChI is InChI=1S/C9H10F.2CH3.Ga/c10-8-4-7-9-5-2-1-3-6-9;;;/h1-3,5H,4,7-8H2;2*1H3;. The van der Waals surface area contributed by atoms with Crippen LogP contribution in [0.3, 0.4) is 0 Å². The second-order valence-corrected chi connectivity index (χ2v) is 9.80. The van der Waals surface area contributed by atoms with E-state index in [1.165, 1.54) is 5.56 Å². The average Bonchev–Trinajstić information content (AvgIpc) is 2.15. The van der Waals surface area contributed by atoms with E-state index in [1.807, 2.05) is 0 Å². The van der Waals surface area contributed by atoms with Crippen molar-refractivity contribution < 1.29 is 4.39 Å². The fraction of sp³-hybridized carbons (Fsp3) is 0.455. The van der Waals surface area contributed by atoms with Crippen molar-refractivity contribution in [3.05, 3.63) is 29.8 Å². The number of benzene rings is 1. The van der Waals surface area contributed by atoms with Crippen LogP contribution in [-0.2, 0) is 6.42 Å². The summed E-state index contributed by atoms with van der Waals surface area (Å²) in [4.78, 5) is 0. The van der Waals surface area contributed by atoms with Crippen LogP contribution in [0.25, 0.3) is 0 Å². The van der Waals surface area contributed by atoms with E-state index in [9.17, 15) is 4.39 Å². The van der Waals surface area contributed by atoms with Crippen LogP contribution in [0.2, 0.25) is 11.0 Å². The Hall–Kier alpha value is -0.214. The molecule has 0 saturated carbocycles. The first-order valence-corrected chi connectivity index (χ1v) is 10.9. The van der Waals surface area contributed by atoms with E-state index >= 15 is 0 Å². The normalized spacial score (nSPS) is 10.1. The molecule has 0 saturated heterocycles. The minimum absolute atomic E-state index is 0.195. The molecule has 0 aliphatic rings. The average molecular weight is 237 g/mol. The molecule has 1 rings (SSSR count). The van der Waals surface area contributed by atoms with Gasteiger partial charge < -0.3 is 0 Å². The van der Waals surface area contributed by atoms with Crippen molar-refractivity contribution in [2.45, 2.75) is 23.8 Å². The van der Waals surface area contributed by atoms with E-state index in [0.717, 1.165) is 6.42 Å². The van der Waals surface area contributed by atoms with Gasteiger partial charge in [-0.2, -0.15) is 0 Å². The maximum absolute atomic E-state index is 12.0. The summed E-state index contributed by atoms with van der Waals surface area (Å²) in [6, 6.07) is 8.52. The summed E-state index contributed by atoms with van der Waals surface area (Å²) in [7, 11) is 0. The number of halogens is 1. The zero-order chi connectivity index (χ0) is 9.68. The van der Waals surface area contributed by atoms with Crippen LogP contribution in [0, 0.1) is 0 Å². The molecule has 0 amide bonds. The van der Waals surface area contributed by atoms with Gasteiger partial charge in [0.2, 0.25) is 0 Å². The molecule has 0 atom stereocenters. The molecule has 0 aliphatic heterocycles. The molecule has 0 aromatic heterocycles. The molecule has 0 N–H and O–H groups in total. The Balaban J connectivity index is 2.78. The van der Waals surface area contributed by atoms with E-state index < -0.39 is 16.2 Å². The monoisotopic (exact) mass is 236 g/mol. The first-order valence-electron chi connectivity index (χ1n) is 4.89. The van der Waals surface area contributed by atoms with E-state index in [0.29, 0.717) is 6.42 Å². The Kier molecular flexibility index (Phi) is 4.60. The van der Waals surface area contributed by atoms with Crippen molar-refractivity contribution >= 4 is 20.3 Å². The minimum atomic E-state index is -1.18. The Morgan fingerprint density at radius 2 is 1.92 bits per heavy atom. The van der Waals surface area contributed by atoms with Gasteiger partial charge in [-0.05, 0) is 0 Å². The Morgan fingerprint density at radius 1 is 1.23 bits per heavy atom. The van der Waals surface area contributed by atoms with E-state index in [2.05, 4.69) is 35.2 Å². The van der Waals surface area contributed by atoms with Crippen LogP contribution < -0.4 is 4.12 Å². The first-order chi connectivity index (χ1) is 6.25. The molecule has 13 heavy (non-hydrogen) atoms. The van der Waals surface area contributed by atoms with Crippen molar-refractivity contribution in [2.75, 3.05) is 6.67 Å². The van der Waals surface area contributed by atoms with Crippen LogP contribution >= 0.6 is 0 Å². The second kappa shape index (κ2) is 5.50. The number of hydrogen-bond donors (Lipinski definition) is 0. The molecule has 1 aromatic carbocycles. The predicted octanol–water partition coefficient (Wildman–Crippen LogP) is 2.55. The van der Waals surface area contributed by atoms with Gasteiger partial charge in [0.15, 0.2) is 0 Å². The molecule has 0 radical (unpaired) electrons. The summed E-state index contributed by atoms with van der Waals surface area (Å²) < 4.78 is 13.6.